The van der Waals surface area contributed by atoms with Gasteiger partial charge in [-0.15, -0.1) is 11.6 Å². The molecule has 1 aromatic carbocycles. The summed E-state index contributed by atoms with van der Waals surface area (Å²) in [7, 11) is 0.967. The van der Waals surface area contributed by atoms with Gasteiger partial charge in [0.25, 0.3) is 14.7 Å². The predicted octanol–water partition coefficient (Wildman–Crippen LogP) is 2.13. The van der Waals surface area contributed by atoms with Gasteiger partial charge in [-0.1, -0.05) is 0 Å². The van der Waals surface area contributed by atoms with Crippen LogP contribution in [-0.4, -0.2) is 13.3 Å². The van der Waals surface area contributed by atoms with Crippen LogP contribution in [0.3, 0.4) is 0 Å². The van der Waals surface area contributed by atoms with Crippen molar-refractivity contribution in [1.82, 2.24) is 0 Å². The van der Waals surface area contributed by atoms with Crippen LogP contribution in [0.25, 0.3) is 0 Å². The van der Waals surface area contributed by atoms with Gasteiger partial charge in [0, 0.05) is 22.6 Å². The Hall–Kier alpha value is -1.36. The SMILES string of the molecule is N#Cc1c(CCl)cc(S(=O)(=O)Cl)cc1[N+](=O)[O-]. The van der Waals surface area contributed by atoms with Crippen molar-refractivity contribution >= 4 is 37.0 Å². The van der Waals surface area contributed by atoms with Gasteiger partial charge in [0.1, 0.15) is 11.6 Å². The Labute approximate surface area is 106 Å². The van der Waals surface area contributed by atoms with Gasteiger partial charge in [-0.25, -0.2) is 8.42 Å². The molecule has 0 aromatic heterocycles. The first-order valence-electron chi connectivity index (χ1n) is 4.03. The van der Waals surface area contributed by atoms with E-state index in [4.69, 9.17) is 27.5 Å². The third kappa shape index (κ3) is 2.85. The molecule has 0 saturated carbocycles. The van der Waals surface area contributed by atoms with E-state index in [1.807, 2.05) is 0 Å². The summed E-state index contributed by atoms with van der Waals surface area (Å²) < 4.78 is 22.2. The average molecular weight is 295 g/mol. The minimum atomic E-state index is -4.12. The highest BCUT2D eigenvalue weighted by Crippen LogP contribution is 2.29. The van der Waals surface area contributed by atoms with Crippen molar-refractivity contribution in [2.45, 2.75) is 10.8 Å². The average Bonchev–Trinajstić information content (AvgIpc) is 2.25. The molecule has 0 radical (unpaired) electrons. The maximum absolute atomic E-state index is 11.1. The van der Waals surface area contributed by atoms with Crippen molar-refractivity contribution in [2.75, 3.05) is 0 Å². The highest BCUT2D eigenvalue weighted by atomic mass is 35.7. The molecular formula is C8H4Cl2N2O4S. The summed E-state index contributed by atoms with van der Waals surface area (Å²) in [6.45, 7) is 0. The summed E-state index contributed by atoms with van der Waals surface area (Å²) in [5.41, 5.74) is -0.860. The fourth-order valence-electron chi connectivity index (χ4n) is 1.18. The zero-order valence-corrected chi connectivity index (χ0v) is 10.4. The Morgan fingerprint density at radius 1 is 1.47 bits per heavy atom. The lowest BCUT2D eigenvalue weighted by Crippen LogP contribution is -2.01. The largest absolute Gasteiger partial charge is 0.288 e. The molecule has 0 spiro atoms. The molecule has 0 aliphatic carbocycles. The van der Waals surface area contributed by atoms with E-state index < -0.39 is 24.6 Å². The number of nitrogens with zero attached hydrogens (tertiary/aromatic N) is 2. The molecule has 17 heavy (non-hydrogen) atoms. The maximum Gasteiger partial charge on any atom is 0.288 e. The second-order valence-electron chi connectivity index (χ2n) is 2.92. The summed E-state index contributed by atoms with van der Waals surface area (Å²) in [6, 6.07) is 3.39. The fourth-order valence-corrected chi connectivity index (χ4v) is 2.19. The van der Waals surface area contributed by atoms with Gasteiger partial charge in [-0.2, -0.15) is 5.26 Å². The maximum atomic E-state index is 11.1. The molecule has 0 N–H and O–H groups in total. The Morgan fingerprint density at radius 2 is 2.06 bits per heavy atom. The van der Waals surface area contributed by atoms with E-state index in [1.165, 1.54) is 0 Å². The summed E-state index contributed by atoms with van der Waals surface area (Å²) in [5.74, 6) is -0.232. The van der Waals surface area contributed by atoms with E-state index in [-0.39, 0.29) is 17.0 Å². The number of alkyl halides is 1. The molecule has 0 heterocycles. The lowest BCUT2D eigenvalue weighted by Gasteiger charge is -2.03. The summed E-state index contributed by atoms with van der Waals surface area (Å²) in [5, 5.41) is 19.5. The first kappa shape index (κ1) is 13.7. The van der Waals surface area contributed by atoms with Crippen molar-refractivity contribution in [2.24, 2.45) is 0 Å². The molecule has 6 nitrogen and oxygen atoms in total. The minimum Gasteiger partial charge on any atom is -0.258 e. The number of nitro benzene ring substituents is 1. The van der Waals surface area contributed by atoms with Crippen LogP contribution in [-0.2, 0) is 14.9 Å². The summed E-state index contributed by atoms with van der Waals surface area (Å²) in [4.78, 5) is 9.38. The van der Waals surface area contributed by atoms with Crippen LogP contribution >= 0.6 is 22.3 Å². The number of nitro groups is 1. The van der Waals surface area contributed by atoms with Gasteiger partial charge in [0.15, 0.2) is 0 Å². The van der Waals surface area contributed by atoms with Crippen molar-refractivity contribution in [1.29, 1.82) is 5.26 Å². The van der Waals surface area contributed by atoms with Crippen molar-refractivity contribution < 1.29 is 13.3 Å². The second-order valence-corrected chi connectivity index (χ2v) is 5.75. The molecule has 0 aliphatic heterocycles. The molecule has 0 bridgehead atoms. The second kappa shape index (κ2) is 4.87. The molecule has 90 valence electrons. The molecule has 0 aliphatic rings. The lowest BCUT2D eigenvalue weighted by molar-refractivity contribution is -0.385. The van der Waals surface area contributed by atoms with E-state index in [1.54, 1.807) is 6.07 Å². The molecule has 0 saturated heterocycles. The summed E-state index contributed by atoms with van der Waals surface area (Å²) >= 11 is 5.50. The molecular weight excluding hydrogens is 291 g/mol. The van der Waals surface area contributed by atoms with Crippen LogP contribution in [0.15, 0.2) is 17.0 Å². The van der Waals surface area contributed by atoms with Crippen molar-refractivity contribution in [3.05, 3.63) is 33.4 Å². The Kier molecular flexibility index (Phi) is 3.93. The molecule has 0 unspecified atom stereocenters. The van der Waals surface area contributed by atoms with Gasteiger partial charge >= 0.3 is 0 Å². The normalized spacial score (nSPS) is 10.9. The van der Waals surface area contributed by atoms with E-state index >= 15 is 0 Å². The monoisotopic (exact) mass is 294 g/mol. The van der Waals surface area contributed by atoms with Gasteiger partial charge in [0.2, 0.25) is 0 Å². The smallest absolute Gasteiger partial charge is 0.258 e. The first-order valence-corrected chi connectivity index (χ1v) is 6.87. The van der Waals surface area contributed by atoms with Gasteiger partial charge < -0.3 is 0 Å². The molecule has 1 aromatic rings. The van der Waals surface area contributed by atoms with E-state index in [0.717, 1.165) is 12.1 Å². The standard InChI is InChI=1S/C8H4Cl2N2O4S/c9-3-5-1-6(17(10,15)16)2-8(12(13)14)7(5)4-11/h1-2H,3H2. The van der Waals surface area contributed by atoms with Gasteiger partial charge in [-0.3, -0.25) is 10.1 Å². The van der Waals surface area contributed by atoms with Crippen LogP contribution in [0.1, 0.15) is 11.1 Å². The third-order valence-corrected chi connectivity index (χ3v) is 3.53. The molecule has 0 fully saturated rings. The van der Waals surface area contributed by atoms with Crippen LogP contribution in [0, 0.1) is 21.4 Å². The Morgan fingerprint density at radius 3 is 2.41 bits per heavy atom. The number of hydrogen-bond acceptors (Lipinski definition) is 5. The van der Waals surface area contributed by atoms with E-state index in [2.05, 4.69) is 0 Å². The fraction of sp³-hybridized carbons (Fsp3) is 0.125. The molecule has 0 atom stereocenters. The number of benzene rings is 1. The third-order valence-electron chi connectivity index (χ3n) is 1.91. The Balaban J connectivity index is 3.71. The molecule has 9 heteroatoms. The topological polar surface area (TPSA) is 101 Å². The van der Waals surface area contributed by atoms with Gasteiger partial charge in [0.05, 0.1) is 9.82 Å². The number of hydrogen-bond donors (Lipinski definition) is 0. The highest BCUT2D eigenvalue weighted by Gasteiger charge is 2.23. The quantitative estimate of drug-likeness (QED) is 0.368. The zero-order valence-electron chi connectivity index (χ0n) is 8.05. The minimum absolute atomic E-state index is 0.0441. The van der Waals surface area contributed by atoms with E-state index in [9.17, 15) is 18.5 Å². The van der Waals surface area contributed by atoms with E-state index in [0.29, 0.717) is 0 Å². The first-order chi connectivity index (χ1) is 7.81. The molecule has 0 amide bonds. The summed E-state index contributed by atoms with van der Waals surface area (Å²) in [6.07, 6.45) is 0. The van der Waals surface area contributed by atoms with Crippen LogP contribution in [0.4, 0.5) is 5.69 Å². The number of rotatable bonds is 3. The van der Waals surface area contributed by atoms with Crippen LogP contribution in [0.2, 0.25) is 0 Å². The number of nitriles is 1. The number of halogens is 2. The van der Waals surface area contributed by atoms with Gasteiger partial charge in [-0.05, 0) is 11.6 Å². The van der Waals surface area contributed by atoms with Crippen LogP contribution < -0.4 is 0 Å². The molecule has 1 rings (SSSR count). The van der Waals surface area contributed by atoms with Crippen molar-refractivity contribution in [3.63, 3.8) is 0 Å². The lowest BCUT2D eigenvalue weighted by atomic mass is 10.1. The predicted molar refractivity (Wildman–Crippen MR) is 60.4 cm³/mol. The Bertz CT molecular complexity index is 621. The van der Waals surface area contributed by atoms with Crippen LogP contribution in [0.5, 0.6) is 0 Å². The van der Waals surface area contributed by atoms with Crippen molar-refractivity contribution in [3.8, 4) is 6.07 Å². The highest BCUT2D eigenvalue weighted by molar-refractivity contribution is 8.13. The zero-order chi connectivity index (χ0) is 13.2.